The first-order chi connectivity index (χ1) is 13.8. The number of carbonyl (C=O) groups is 2. The lowest BCUT2D eigenvalue weighted by molar-refractivity contribution is 0.0880. The van der Waals surface area contributed by atoms with Crippen LogP contribution in [-0.4, -0.2) is 48.0 Å². The molecule has 2 aliphatic heterocycles. The number of nitrogens with zero attached hydrogens (tertiary/aromatic N) is 2. The highest BCUT2D eigenvalue weighted by Gasteiger charge is 2.32. The second-order valence-corrected chi connectivity index (χ2v) is 7.44. The largest absolute Gasteiger partial charge is 0.491 e. The minimum atomic E-state index is -0.693. The van der Waals surface area contributed by atoms with E-state index in [1.165, 1.54) is 12.1 Å². The molecule has 4 rings (SSSR count). The van der Waals surface area contributed by atoms with Crippen LogP contribution in [0.25, 0.3) is 5.69 Å². The highest BCUT2D eigenvalue weighted by Crippen LogP contribution is 2.29. The number of nitrogen functional groups attached to an aromatic ring is 1. The summed E-state index contributed by atoms with van der Waals surface area (Å²) in [5.74, 6) is -1.56. The lowest BCUT2D eigenvalue weighted by Crippen LogP contribution is -2.32. The van der Waals surface area contributed by atoms with Crippen LogP contribution in [0.2, 0.25) is 0 Å². The molecular weight excluding hydrogens is 379 g/mol. The van der Waals surface area contributed by atoms with Gasteiger partial charge in [-0.25, -0.2) is 4.39 Å². The van der Waals surface area contributed by atoms with Crippen LogP contribution in [0.15, 0.2) is 29.1 Å². The third-order valence-corrected chi connectivity index (χ3v) is 5.43. The zero-order valence-electron chi connectivity index (χ0n) is 15.9. The highest BCUT2D eigenvalue weighted by molar-refractivity contribution is 6.23. The number of amides is 2. The van der Waals surface area contributed by atoms with Gasteiger partial charge in [0.1, 0.15) is 17.4 Å². The number of ether oxygens (including phenoxy) is 1. The Morgan fingerprint density at radius 3 is 2.62 bits per heavy atom. The van der Waals surface area contributed by atoms with E-state index in [1.54, 1.807) is 0 Å². The van der Waals surface area contributed by atoms with Crippen molar-refractivity contribution in [3.05, 3.63) is 51.6 Å². The maximum atomic E-state index is 14.0. The van der Waals surface area contributed by atoms with E-state index in [-0.39, 0.29) is 28.4 Å². The number of halogens is 1. The summed E-state index contributed by atoms with van der Waals surface area (Å²) >= 11 is 0. The van der Waals surface area contributed by atoms with E-state index in [0.29, 0.717) is 12.5 Å². The summed E-state index contributed by atoms with van der Waals surface area (Å²) in [6, 6.07) is 4.82. The van der Waals surface area contributed by atoms with Gasteiger partial charge in [-0.15, -0.1) is 0 Å². The van der Waals surface area contributed by atoms with E-state index in [9.17, 15) is 18.8 Å². The molecule has 2 amide bonds. The Hall–Kier alpha value is -3.20. The number of likely N-dealkylation sites (tertiary alicyclic amines) is 1. The van der Waals surface area contributed by atoms with Crippen LogP contribution in [0.1, 0.15) is 33.6 Å². The summed E-state index contributed by atoms with van der Waals surface area (Å²) in [6.45, 7) is 2.38. The molecule has 1 aromatic heterocycles. The first-order valence-corrected chi connectivity index (χ1v) is 9.37. The van der Waals surface area contributed by atoms with Gasteiger partial charge in [0.2, 0.25) is 0 Å². The quantitative estimate of drug-likeness (QED) is 0.746. The van der Waals surface area contributed by atoms with Crippen molar-refractivity contribution in [2.45, 2.75) is 12.8 Å². The molecule has 0 unspecified atom stereocenters. The minimum Gasteiger partial charge on any atom is -0.491 e. The van der Waals surface area contributed by atoms with Crippen molar-refractivity contribution in [3.8, 4) is 11.4 Å². The fraction of sp³-hybridized carbons (Fsp3) is 0.350. The number of imide groups is 1. The van der Waals surface area contributed by atoms with E-state index in [1.807, 2.05) is 0 Å². The molecule has 9 heteroatoms. The fourth-order valence-corrected chi connectivity index (χ4v) is 3.75. The topological polar surface area (TPSA) is 107 Å². The van der Waals surface area contributed by atoms with Gasteiger partial charge < -0.3 is 15.4 Å². The number of benzene rings is 1. The number of carbonyl (C=O) groups excluding carboxylic acids is 2. The van der Waals surface area contributed by atoms with E-state index in [2.05, 4.69) is 17.3 Å². The number of nitrogens with one attached hydrogen (secondary N) is 1. The van der Waals surface area contributed by atoms with Crippen molar-refractivity contribution in [1.29, 1.82) is 0 Å². The van der Waals surface area contributed by atoms with Crippen molar-refractivity contribution < 1.29 is 18.7 Å². The molecule has 1 aromatic carbocycles. The van der Waals surface area contributed by atoms with Gasteiger partial charge in [-0.05, 0) is 51.0 Å². The normalized spacial score (nSPS) is 17.3. The summed E-state index contributed by atoms with van der Waals surface area (Å²) in [7, 11) is 2.07. The Bertz CT molecular complexity index is 1060. The molecule has 0 aliphatic carbocycles. The Balaban J connectivity index is 1.72. The number of piperidine rings is 1. The Labute approximate surface area is 166 Å². The fourth-order valence-electron chi connectivity index (χ4n) is 3.75. The molecule has 1 fully saturated rings. The van der Waals surface area contributed by atoms with Crippen LogP contribution in [0.5, 0.6) is 5.75 Å². The molecule has 2 aromatic rings. The van der Waals surface area contributed by atoms with Gasteiger partial charge in [0.05, 0.1) is 23.4 Å². The van der Waals surface area contributed by atoms with Crippen LogP contribution >= 0.6 is 0 Å². The van der Waals surface area contributed by atoms with Gasteiger partial charge in [-0.3, -0.25) is 24.3 Å². The average Bonchev–Trinajstić information content (AvgIpc) is 2.96. The summed E-state index contributed by atoms with van der Waals surface area (Å²) in [5, 5.41) is 2.11. The summed E-state index contributed by atoms with van der Waals surface area (Å²) < 4.78 is 20.9. The number of hydrogen-bond acceptors (Lipinski definition) is 6. The third kappa shape index (κ3) is 3.49. The van der Waals surface area contributed by atoms with Crippen molar-refractivity contribution in [2.75, 3.05) is 32.5 Å². The number of fused-ring (bicyclic) bond motifs is 1. The molecular formula is C20H21FN4O4. The van der Waals surface area contributed by atoms with Crippen LogP contribution in [0.4, 0.5) is 10.2 Å². The molecule has 0 atom stereocenters. The standard InChI is InChI=1S/C20H21FN4O4/c1-24-6-4-11(5-7-24)10-29-15-3-2-12(21)8-14(15)25-16(26)9-13-17(18(25)22)20(28)23-19(13)27/h2-3,8-9,11H,4-7,10,22H2,1H3,(H,23,27,28). The molecule has 0 spiro atoms. The molecule has 0 radical (unpaired) electrons. The van der Waals surface area contributed by atoms with Crippen molar-refractivity contribution >= 4 is 17.6 Å². The Morgan fingerprint density at radius 2 is 1.90 bits per heavy atom. The highest BCUT2D eigenvalue weighted by atomic mass is 19.1. The molecule has 29 heavy (non-hydrogen) atoms. The van der Waals surface area contributed by atoms with E-state index >= 15 is 0 Å². The van der Waals surface area contributed by atoms with Crippen molar-refractivity contribution in [2.24, 2.45) is 5.92 Å². The van der Waals surface area contributed by atoms with Gasteiger partial charge in [-0.1, -0.05) is 0 Å². The second kappa shape index (κ2) is 7.32. The molecule has 3 heterocycles. The van der Waals surface area contributed by atoms with Crippen LogP contribution in [-0.2, 0) is 0 Å². The zero-order chi connectivity index (χ0) is 20.7. The Kier molecular flexibility index (Phi) is 4.83. The van der Waals surface area contributed by atoms with Crippen molar-refractivity contribution in [3.63, 3.8) is 0 Å². The lowest BCUT2D eigenvalue weighted by atomic mass is 9.98. The summed E-state index contributed by atoms with van der Waals surface area (Å²) in [4.78, 5) is 38.8. The molecule has 0 saturated carbocycles. The van der Waals surface area contributed by atoms with E-state index in [0.717, 1.165) is 42.6 Å². The predicted molar refractivity (Wildman–Crippen MR) is 104 cm³/mol. The lowest BCUT2D eigenvalue weighted by Gasteiger charge is -2.29. The van der Waals surface area contributed by atoms with Crippen LogP contribution in [0, 0.1) is 11.7 Å². The summed E-state index contributed by atoms with van der Waals surface area (Å²) in [5.41, 5.74) is 5.32. The number of anilines is 1. The maximum absolute atomic E-state index is 14.0. The number of rotatable bonds is 4. The predicted octanol–water partition coefficient (Wildman–Crippen LogP) is 1.16. The first kappa shape index (κ1) is 19.1. The number of pyridine rings is 1. The average molecular weight is 400 g/mol. The molecule has 1 saturated heterocycles. The molecule has 8 nitrogen and oxygen atoms in total. The van der Waals surface area contributed by atoms with Gasteiger partial charge in [0, 0.05) is 12.1 Å². The molecule has 0 bridgehead atoms. The SMILES string of the molecule is CN1CCC(COc2ccc(F)cc2-n2c(N)c3c(cc2=O)C(=O)NC3=O)CC1. The number of aromatic nitrogens is 1. The van der Waals surface area contributed by atoms with Crippen molar-refractivity contribution in [1.82, 2.24) is 14.8 Å². The van der Waals surface area contributed by atoms with Gasteiger partial charge >= 0.3 is 0 Å². The number of nitrogens with two attached hydrogens (primary N) is 1. The van der Waals surface area contributed by atoms with E-state index in [4.69, 9.17) is 10.5 Å². The third-order valence-electron chi connectivity index (χ3n) is 5.43. The maximum Gasteiger partial charge on any atom is 0.262 e. The second-order valence-electron chi connectivity index (χ2n) is 7.44. The van der Waals surface area contributed by atoms with Gasteiger partial charge in [0.25, 0.3) is 17.4 Å². The zero-order valence-corrected chi connectivity index (χ0v) is 15.9. The Morgan fingerprint density at radius 1 is 1.17 bits per heavy atom. The summed E-state index contributed by atoms with van der Waals surface area (Å²) in [6.07, 6.45) is 1.96. The van der Waals surface area contributed by atoms with Crippen LogP contribution < -0.4 is 21.3 Å². The monoisotopic (exact) mass is 400 g/mol. The van der Waals surface area contributed by atoms with Crippen LogP contribution in [0.3, 0.4) is 0 Å². The molecule has 152 valence electrons. The smallest absolute Gasteiger partial charge is 0.262 e. The minimum absolute atomic E-state index is 0.0843. The number of hydrogen-bond donors (Lipinski definition) is 2. The first-order valence-electron chi connectivity index (χ1n) is 9.37. The van der Waals surface area contributed by atoms with Gasteiger partial charge in [-0.2, -0.15) is 0 Å². The van der Waals surface area contributed by atoms with Gasteiger partial charge in [0.15, 0.2) is 0 Å². The molecule has 2 aliphatic rings. The van der Waals surface area contributed by atoms with E-state index < -0.39 is 23.2 Å². The molecule has 3 N–H and O–H groups in total.